The van der Waals surface area contributed by atoms with Crippen molar-refractivity contribution in [3.63, 3.8) is 0 Å². The van der Waals surface area contributed by atoms with E-state index in [4.69, 9.17) is 15.3 Å². The van der Waals surface area contributed by atoms with Gasteiger partial charge in [-0.3, -0.25) is 10.4 Å². The summed E-state index contributed by atoms with van der Waals surface area (Å²) in [6, 6.07) is 14.4. The number of halogens is 7. The smallest absolute Gasteiger partial charge is 0.441 e. The molecule has 0 saturated heterocycles. The largest absolute Gasteiger partial charge is 0.464 e. The van der Waals surface area contributed by atoms with Crippen LogP contribution in [-0.4, -0.2) is 53.9 Å². The lowest BCUT2D eigenvalue weighted by atomic mass is 10.1. The lowest BCUT2D eigenvalue weighted by molar-refractivity contribution is -0.144. The zero-order chi connectivity index (χ0) is 34.2. The second kappa shape index (κ2) is 19.5. The van der Waals surface area contributed by atoms with E-state index in [-0.39, 0.29) is 31.3 Å². The van der Waals surface area contributed by atoms with Gasteiger partial charge in [0.1, 0.15) is 5.71 Å². The lowest BCUT2D eigenvalue weighted by Gasteiger charge is -2.21. The van der Waals surface area contributed by atoms with E-state index in [0.717, 1.165) is 11.1 Å². The summed E-state index contributed by atoms with van der Waals surface area (Å²) in [6.07, 6.45) is -8.59. The molecule has 1 N–H and O–H groups in total. The molecule has 17 heteroatoms. The highest BCUT2D eigenvalue weighted by atomic mass is 79.9. The highest BCUT2D eigenvalue weighted by Crippen LogP contribution is 2.32. The second-order valence-electron chi connectivity index (χ2n) is 8.18. The summed E-state index contributed by atoms with van der Waals surface area (Å²) in [4.78, 5) is 22.0. The molecule has 1 aliphatic heterocycles. The number of benzene rings is 2. The van der Waals surface area contributed by atoms with Gasteiger partial charge in [0.05, 0.1) is 47.9 Å². The fourth-order valence-electron chi connectivity index (χ4n) is 3.10. The number of carbonyl (C=O) groups is 2. The van der Waals surface area contributed by atoms with Crippen LogP contribution in [0.5, 0.6) is 0 Å². The molecule has 2 aromatic carbocycles. The Bertz CT molecular complexity index is 1480. The average molecular weight is 719 g/mol. The van der Waals surface area contributed by atoms with Crippen LogP contribution in [0.3, 0.4) is 0 Å². The maximum atomic E-state index is 12.9. The molecule has 10 nitrogen and oxygen atoms in total. The van der Waals surface area contributed by atoms with Crippen LogP contribution < -0.4 is 10.4 Å². The molecular formula is C29H29BrF6N6O4. The van der Waals surface area contributed by atoms with E-state index in [9.17, 15) is 35.9 Å². The molecule has 0 spiro atoms. The number of hydrogen-bond acceptors (Lipinski definition) is 10. The van der Waals surface area contributed by atoms with Crippen molar-refractivity contribution in [1.29, 1.82) is 10.5 Å². The summed E-state index contributed by atoms with van der Waals surface area (Å²) < 4.78 is 82.7. The fourth-order valence-corrected chi connectivity index (χ4v) is 3.19. The van der Waals surface area contributed by atoms with Gasteiger partial charge in [-0.15, -0.1) is 0 Å². The van der Waals surface area contributed by atoms with E-state index in [1.807, 2.05) is 12.1 Å². The van der Waals surface area contributed by atoms with Crippen molar-refractivity contribution in [3.8, 4) is 12.1 Å². The highest BCUT2D eigenvalue weighted by molar-refractivity contribution is 9.18. The van der Waals surface area contributed by atoms with Crippen molar-refractivity contribution < 1.29 is 45.4 Å². The molecular weight excluding hydrogens is 690 g/mol. The Hall–Kier alpha value is -4.90. The molecule has 0 amide bonds. The predicted molar refractivity (Wildman–Crippen MR) is 163 cm³/mol. The van der Waals surface area contributed by atoms with Gasteiger partial charge in [-0.05, 0) is 66.2 Å². The van der Waals surface area contributed by atoms with Crippen molar-refractivity contribution in [2.45, 2.75) is 46.1 Å². The normalized spacial score (nSPS) is 13.9. The molecule has 0 radical (unpaired) electrons. The van der Waals surface area contributed by atoms with Crippen LogP contribution >= 0.6 is 15.9 Å². The van der Waals surface area contributed by atoms with Gasteiger partial charge in [-0.2, -0.15) is 47.1 Å². The number of nitriles is 2. The Morgan fingerprint density at radius 3 is 2.11 bits per heavy atom. The number of hydrogen-bond donors (Lipinski definition) is 1. The minimum Gasteiger partial charge on any atom is -0.464 e. The molecule has 1 heterocycles. The Kier molecular flexibility index (Phi) is 17.4. The second-order valence-corrected chi connectivity index (χ2v) is 8.94. The third-order valence-electron chi connectivity index (χ3n) is 5.00. The van der Waals surface area contributed by atoms with Crippen LogP contribution in [-0.2, 0) is 19.1 Å². The first-order chi connectivity index (χ1) is 21.1. The quantitative estimate of drug-likeness (QED) is 0.104. The molecule has 0 aromatic heterocycles. The molecule has 1 aliphatic rings. The van der Waals surface area contributed by atoms with Gasteiger partial charge in [0.2, 0.25) is 4.62 Å². The number of rotatable bonds is 7. The summed E-state index contributed by atoms with van der Waals surface area (Å²) >= 11 is 2.29. The molecule has 0 fully saturated rings. The van der Waals surface area contributed by atoms with Gasteiger partial charge in [-0.25, -0.2) is 9.59 Å². The lowest BCUT2D eigenvalue weighted by Crippen LogP contribution is -2.36. The standard InChI is InChI=1S/C14H12F3N3O2.C9H5BrF3N3.C5H8O2.CH4/c1-2-22-13(21)11-7-12(14(15,16)17)19-20(11)10-5-3-4-9(6-10)8-18;10-8(9(11,12)13)16-15-7-3-1-2-6(4-7)5-14;1-3-5(6)7-4-2;/h3-6,11H,2,7H2,1H3;1-4,15H;3H,1,4H2,2H3;1H4/b;16-8-;;. The summed E-state index contributed by atoms with van der Waals surface area (Å²) in [5.74, 6) is -1.14. The van der Waals surface area contributed by atoms with Gasteiger partial charge >= 0.3 is 24.3 Å². The van der Waals surface area contributed by atoms with Crippen LogP contribution in [0.1, 0.15) is 38.8 Å². The molecule has 248 valence electrons. The maximum absolute atomic E-state index is 12.9. The third-order valence-corrected chi connectivity index (χ3v) is 5.62. The first-order valence-electron chi connectivity index (χ1n) is 12.6. The predicted octanol–water partition coefficient (Wildman–Crippen LogP) is 7.23. The Morgan fingerprint density at radius 1 is 1.07 bits per heavy atom. The number of carbonyl (C=O) groups excluding carboxylic acids is 2. The van der Waals surface area contributed by atoms with E-state index < -0.39 is 41.1 Å². The number of ether oxygens (including phenoxy) is 2. The van der Waals surface area contributed by atoms with Gasteiger partial charge in [0, 0.05) is 12.5 Å². The minimum atomic E-state index is -4.62. The van der Waals surface area contributed by atoms with Crippen molar-refractivity contribution in [1.82, 2.24) is 0 Å². The number of alkyl halides is 6. The molecule has 0 aliphatic carbocycles. The zero-order valence-electron chi connectivity index (χ0n) is 23.6. The average Bonchev–Trinajstić information content (AvgIpc) is 3.47. The topological polar surface area (TPSA) is 140 Å². The third kappa shape index (κ3) is 13.8. The van der Waals surface area contributed by atoms with Gasteiger partial charge < -0.3 is 9.47 Å². The molecule has 0 bridgehead atoms. The summed E-state index contributed by atoms with van der Waals surface area (Å²) in [5.41, 5.74) is 2.28. The van der Waals surface area contributed by atoms with E-state index >= 15 is 0 Å². The minimum absolute atomic E-state index is 0. The number of nitrogens with zero attached hydrogens (tertiary/aromatic N) is 5. The number of anilines is 2. The zero-order valence-corrected chi connectivity index (χ0v) is 25.2. The number of hydrazone groups is 2. The van der Waals surface area contributed by atoms with Gasteiger partial charge in [0.25, 0.3) is 0 Å². The van der Waals surface area contributed by atoms with E-state index in [1.54, 1.807) is 13.8 Å². The van der Waals surface area contributed by atoms with Crippen LogP contribution in [0, 0.1) is 22.7 Å². The SMILES string of the molecule is C.C=CC(=O)OCC.CCOC(=O)C1CC(C(F)(F)F)=NN1c1cccc(C#N)c1.N#Cc1cccc(N/N=C(\Br)C(F)(F)F)c1. The van der Waals surface area contributed by atoms with Crippen LogP contribution in [0.4, 0.5) is 37.7 Å². The summed E-state index contributed by atoms with van der Waals surface area (Å²) in [5, 5.41) is 25.0. The highest BCUT2D eigenvalue weighted by Gasteiger charge is 2.46. The maximum Gasteiger partial charge on any atom is 0.441 e. The molecule has 0 saturated carbocycles. The van der Waals surface area contributed by atoms with Gasteiger partial charge in [-0.1, -0.05) is 26.1 Å². The van der Waals surface area contributed by atoms with E-state index in [0.29, 0.717) is 17.9 Å². The monoisotopic (exact) mass is 718 g/mol. The fraction of sp³-hybridized carbons (Fsp3) is 0.310. The van der Waals surface area contributed by atoms with Crippen molar-refractivity contribution in [2.75, 3.05) is 23.6 Å². The van der Waals surface area contributed by atoms with Crippen molar-refractivity contribution in [2.24, 2.45) is 10.2 Å². The molecule has 2 aromatic rings. The number of nitrogens with one attached hydrogen (secondary N) is 1. The molecule has 46 heavy (non-hydrogen) atoms. The first-order valence-corrected chi connectivity index (χ1v) is 13.4. The Morgan fingerprint density at radius 2 is 1.63 bits per heavy atom. The first kappa shape index (κ1) is 41.1. The van der Waals surface area contributed by atoms with Gasteiger partial charge in [0.15, 0.2) is 6.04 Å². The van der Waals surface area contributed by atoms with Crippen LogP contribution in [0.15, 0.2) is 71.4 Å². The van der Waals surface area contributed by atoms with Crippen LogP contribution in [0.25, 0.3) is 0 Å². The summed E-state index contributed by atoms with van der Waals surface area (Å²) in [6.45, 7) is 7.00. The van der Waals surface area contributed by atoms with Crippen molar-refractivity contribution in [3.05, 3.63) is 72.3 Å². The van der Waals surface area contributed by atoms with E-state index in [1.165, 1.54) is 48.5 Å². The molecule has 1 unspecified atom stereocenters. The van der Waals surface area contributed by atoms with Crippen molar-refractivity contribution >= 4 is 49.6 Å². The summed E-state index contributed by atoms with van der Waals surface area (Å²) in [7, 11) is 0. The number of esters is 2. The van der Waals surface area contributed by atoms with Crippen LogP contribution in [0.2, 0.25) is 0 Å². The molecule has 1 atom stereocenters. The molecule has 3 rings (SSSR count). The Balaban J connectivity index is 0.000000740. The van der Waals surface area contributed by atoms with E-state index in [2.05, 4.69) is 42.9 Å². The Labute approximate surface area is 269 Å².